The summed E-state index contributed by atoms with van der Waals surface area (Å²) in [4.78, 5) is 0. The first-order valence-corrected chi connectivity index (χ1v) is 4.87. The molecule has 1 heteroatoms. The third-order valence-corrected chi connectivity index (χ3v) is 3.66. The fourth-order valence-corrected chi connectivity index (χ4v) is 2.81. The maximum absolute atomic E-state index is 5.57. The first kappa shape index (κ1) is 7.60. The van der Waals surface area contributed by atoms with Gasteiger partial charge in [0.05, 0.1) is 0 Å². The molecule has 0 aromatic heterocycles. The van der Waals surface area contributed by atoms with E-state index < -0.39 is 0 Å². The van der Waals surface area contributed by atoms with Gasteiger partial charge in [0.15, 0.2) is 0 Å². The van der Waals surface area contributed by atoms with Crippen LogP contribution in [0.15, 0.2) is 0 Å². The van der Waals surface area contributed by atoms with Gasteiger partial charge in [-0.1, -0.05) is 20.3 Å². The van der Waals surface area contributed by atoms with Crippen molar-refractivity contribution in [2.24, 2.45) is 23.7 Å². The van der Waals surface area contributed by atoms with Gasteiger partial charge in [0.25, 0.3) is 0 Å². The van der Waals surface area contributed by atoms with Gasteiger partial charge in [0, 0.05) is 13.2 Å². The molecular weight excluding hydrogens is 136 g/mol. The lowest BCUT2D eigenvalue weighted by Gasteiger charge is -2.33. The van der Waals surface area contributed by atoms with Crippen molar-refractivity contribution in [2.45, 2.75) is 26.7 Å². The monoisotopic (exact) mass is 154 g/mol. The Morgan fingerprint density at radius 1 is 0.909 bits per heavy atom. The Bertz CT molecular complexity index is 142. The van der Waals surface area contributed by atoms with Gasteiger partial charge < -0.3 is 4.74 Å². The van der Waals surface area contributed by atoms with Gasteiger partial charge in [0.1, 0.15) is 0 Å². The van der Waals surface area contributed by atoms with Gasteiger partial charge in [-0.15, -0.1) is 0 Å². The van der Waals surface area contributed by atoms with Crippen LogP contribution in [-0.2, 0) is 4.74 Å². The van der Waals surface area contributed by atoms with E-state index in [1.807, 2.05) is 0 Å². The van der Waals surface area contributed by atoms with Crippen LogP contribution in [0.3, 0.4) is 0 Å². The molecule has 0 unspecified atom stereocenters. The molecule has 0 bridgehead atoms. The van der Waals surface area contributed by atoms with Gasteiger partial charge >= 0.3 is 0 Å². The quantitative estimate of drug-likeness (QED) is 0.520. The summed E-state index contributed by atoms with van der Waals surface area (Å²) in [6.45, 7) is 6.77. The molecule has 0 aromatic carbocycles. The molecular formula is C10H18O. The standard InChI is InChI=1S/C10H18O/c1-7-3-4-9-8(2)5-11-6-10(7)9/h7-10H,3-6H2,1-2H3/t7-,8+,9+,10-/m1/s1. The summed E-state index contributed by atoms with van der Waals surface area (Å²) in [6.07, 6.45) is 2.89. The van der Waals surface area contributed by atoms with Gasteiger partial charge in [-0.3, -0.25) is 0 Å². The fraction of sp³-hybridized carbons (Fsp3) is 1.00. The van der Waals surface area contributed by atoms with Crippen molar-refractivity contribution < 1.29 is 4.74 Å². The molecule has 0 N–H and O–H groups in total. The van der Waals surface area contributed by atoms with Crippen LogP contribution in [0, 0.1) is 23.7 Å². The van der Waals surface area contributed by atoms with E-state index in [0.29, 0.717) is 0 Å². The van der Waals surface area contributed by atoms with E-state index in [-0.39, 0.29) is 0 Å². The molecule has 1 nitrogen and oxygen atoms in total. The number of rotatable bonds is 0. The first-order valence-electron chi connectivity index (χ1n) is 4.87. The lowest BCUT2D eigenvalue weighted by molar-refractivity contribution is -0.0200. The SMILES string of the molecule is C[C@@H]1CC[C@@H]2[C@@H]1COC[C@@H]2C. The van der Waals surface area contributed by atoms with Crippen LogP contribution in [0.1, 0.15) is 26.7 Å². The predicted molar refractivity (Wildman–Crippen MR) is 45.4 cm³/mol. The Balaban J connectivity index is 2.07. The van der Waals surface area contributed by atoms with E-state index in [9.17, 15) is 0 Å². The minimum absolute atomic E-state index is 0.818. The second-order valence-electron chi connectivity index (χ2n) is 4.40. The third-order valence-electron chi connectivity index (χ3n) is 3.66. The maximum Gasteiger partial charge on any atom is 0.0499 e. The topological polar surface area (TPSA) is 9.23 Å². The average Bonchev–Trinajstić information content (AvgIpc) is 2.35. The summed E-state index contributed by atoms with van der Waals surface area (Å²) in [5.41, 5.74) is 0. The van der Waals surface area contributed by atoms with Gasteiger partial charge in [0.2, 0.25) is 0 Å². The highest BCUT2D eigenvalue weighted by molar-refractivity contribution is 4.87. The maximum atomic E-state index is 5.57. The van der Waals surface area contributed by atoms with Crippen molar-refractivity contribution in [1.29, 1.82) is 0 Å². The van der Waals surface area contributed by atoms with Crippen molar-refractivity contribution in [3.63, 3.8) is 0 Å². The zero-order valence-electron chi connectivity index (χ0n) is 7.55. The van der Waals surface area contributed by atoms with E-state index in [1.54, 1.807) is 0 Å². The Kier molecular flexibility index (Phi) is 1.92. The minimum Gasteiger partial charge on any atom is -0.381 e. The molecule has 2 rings (SSSR count). The summed E-state index contributed by atoms with van der Waals surface area (Å²) in [5, 5.41) is 0. The molecule has 1 saturated carbocycles. The zero-order chi connectivity index (χ0) is 7.84. The van der Waals surface area contributed by atoms with Crippen LogP contribution in [0.5, 0.6) is 0 Å². The van der Waals surface area contributed by atoms with E-state index in [2.05, 4.69) is 13.8 Å². The summed E-state index contributed by atoms with van der Waals surface area (Å²) >= 11 is 0. The van der Waals surface area contributed by atoms with E-state index in [0.717, 1.165) is 36.9 Å². The summed E-state index contributed by atoms with van der Waals surface area (Å²) in [6, 6.07) is 0. The Hall–Kier alpha value is -0.0400. The van der Waals surface area contributed by atoms with Crippen LogP contribution in [0.25, 0.3) is 0 Å². The number of hydrogen-bond acceptors (Lipinski definition) is 1. The van der Waals surface area contributed by atoms with Gasteiger partial charge in [-0.05, 0) is 30.1 Å². The van der Waals surface area contributed by atoms with Crippen LogP contribution in [0.4, 0.5) is 0 Å². The molecule has 2 aliphatic rings. The third kappa shape index (κ3) is 1.20. The lowest BCUT2D eigenvalue weighted by atomic mass is 9.81. The molecule has 0 aromatic rings. The van der Waals surface area contributed by atoms with Gasteiger partial charge in [-0.25, -0.2) is 0 Å². The normalized spacial score (nSPS) is 50.7. The molecule has 1 aliphatic heterocycles. The number of ether oxygens (including phenoxy) is 1. The lowest BCUT2D eigenvalue weighted by Crippen LogP contribution is -2.32. The van der Waals surface area contributed by atoms with Crippen LogP contribution in [0.2, 0.25) is 0 Å². The van der Waals surface area contributed by atoms with E-state index >= 15 is 0 Å². The zero-order valence-corrected chi connectivity index (χ0v) is 7.55. The van der Waals surface area contributed by atoms with Crippen molar-refractivity contribution >= 4 is 0 Å². The molecule has 64 valence electrons. The molecule has 4 atom stereocenters. The summed E-state index contributed by atoms with van der Waals surface area (Å²) in [5.74, 6) is 3.61. The highest BCUT2D eigenvalue weighted by atomic mass is 16.5. The molecule has 1 saturated heterocycles. The Labute approximate surface area is 69.1 Å². The smallest absolute Gasteiger partial charge is 0.0499 e. The second kappa shape index (κ2) is 2.78. The predicted octanol–water partition coefficient (Wildman–Crippen LogP) is 2.32. The van der Waals surface area contributed by atoms with Crippen molar-refractivity contribution in [1.82, 2.24) is 0 Å². The molecule has 2 fully saturated rings. The molecule has 0 amide bonds. The molecule has 11 heavy (non-hydrogen) atoms. The first-order chi connectivity index (χ1) is 5.29. The molecule has 1 heterocycles. The van der Waals surface area contributed by atoms with Gasteiger partial charge in [-0.2, -0.15) is 0 Å². The van der Waals surface area contributed by atoms with E-state index in [4.69, 9.17) is 4.74 Å². The Morgan fingerprint density at radius 2 is 1.73 bits per heavy atom. The highest BCUT2D eigenvalue weighted by Gasteiger charge is 2.39. The molecule has 1 aliphatic carbocycles. The summed E-state index contributed by atoms with van der Waals surface area (Å²) < 4.78 is 5.57. The van der Waals surface area contributed by atoms with E-state index in [1.165, 1.54) is 12.8 Å². The fourth-order valence-electron chi connectivity index (χ4n) is 2.81. The molecule has 0 radical (unpaired) electrons. The van der Waals surface area contributed by atoms with Crippen molar-refractivity contribution in [3.05, 3.63) is 0 Å². The van der Waals surface area contributed by atoms with Crippen molar-refractivity contribution in [3.8, 4) is 0 Å². The second-order valence-corrected chi connectivity index (χ2v) is 4.40. The molecule has 0 spiro atoms. The average molecular weight is 154 g/mol. The number of hydrogen-bond donors (Lipinski definition) is 0. The largest absolute Gasteiger partial charge is 0.381 e. The van der Waals surface area contributed by atoms with Crippen molar-refractivity contribution in [2.75, 3.05) is 13.2 Å². The van der Waals surface area contributed by atoms with Crippen LogP contribution < -0.4 is 0 Å². The summed E-state index contributed by atoms with van der Waals surface area (Å²) in [7, 11) is 0. The highest BCUT2D eigenvalue weighted by Crippen LogP contribution is 2.43. The van der Waals surface area contributed by atoms with Crippen LogP contribution >= 0.6 is 0 Å². The minimum atomic E-state index is 0.818. The Morgan fingerprint density at radius 3 is 2.45 bits per heavy atom. The number of fused-ring (bicyclic) bond motifs is 1. The van der Waals surface area contributed by atoms with Crippen LogP contribution in [-0.4, -0.2) is 13.2 Å².